The average molecular weight is 227 g/mol. The van der Waals surface area contributed by atoms with E-state index >= 15 is 0 Å². The first-order valence-corrected chi connectivity index (χ1v) is 6.62. The van der Waals surface area contributed by atoms with Gasteiger partial charge in [0.2, 0.25) is 0 Å². The molecule has 4 nitrogen and oxygen atoms in total. The zero-order valence-corrected chi connectivity index (χ0v) is 10.2. The molecule has 0 saturated carbocycles. The molecule has 0 bridgehead atoms. The van der Waals surface area contributed by atoms with Gasteiger partial charge in [0.05, 0.1) is 0 Å². The van der Waals surface area contributed by atoms with Crippen molar-refractivity contribution in [3.8, 4) is 0 Å². The number of rotatable bonds is 4. The minimum atomic E-state index is 0.374. The highest BCUT2D eigenvalue weighted by atomic mass is 16.5. The minimum absolute atomic E-state index is 0.374. The number of nitrogens with one attached hydrogen (secondary N) is 1. The summed E-state index contributed by atoms with van der Waals surface area (Å²) >= 11 is 0. The van der Waals surface area contributed by atoms with Crippen molar-refractivity contribution in [3.63, 3.8) is 0 Å². The summed E-state index contributed by atoms with van der Waals surface area (Å²) in [5, 5.41) is 3.38. The van der Waals surface area contributed by atoms with Crippen molar-refractivity contribution >= 4 is 0 Å². The third-order valence-corrected chi connectivity index (χ3v) is 3.86. The van der Waals surface area contributed by atoms with Crippen molar-refractivity contribution < 1.29 is 4.74 Å². The molecule has 1 atom stereocenters. The average Bonchev–Trinajstić information content (AvgIpc) is 2.38. The number of ether oxygens (including phenoxy) is 1. The van der Waals surface area contributed by atoms with Gasteiger partial charge in [-0.15, -0.1) is 0 Å². The molecule has 0 aromatic rings. The maximum atomic E-state index is 6.27. The number of nitrogens with zero attached hydrogens (tertiary/aromatic N) is 1. The first kappa shape index (κ1) is 12.3. The summed E-state index contributed by atoms with van der Waals surface area (Å²) in [5.41, 5.74) is 6.27. The summed E-state index contributed by atoms with van der Waals surface area (Å²) in [5.74, 6) is 0.691. The molecule has 2 saturated heterocycles. The van der Waals surface area contributed by atoms with E-state index in [4.69, 9.17) is 10.5 Å². The number of hydrogen-bond donors (Lipinski definition) is 2. The molecule has 94 valence electrons. The second-order valence-corrected chi connectivity index (χ2v) is 4.99. The maximum Gasteiger partial charge on any atom is 0.0469 e. The second kappa shape index (κ2) is 6.55. The summed E-state index contributed by atoms with van der Waals surface area (Å²) in [6, 6.07) is 0.374. The van der Waals surface area contributed by atoms with Crippen molar-refractivity contribution in [2.24, 2.45) is 11.7 Å². The third-order valence-electron chi connectivity index (χ3n) is 3.86. The molecule has 3 N–H and O–H groups in total. The predicted octanol–water partition coefficient (Wildman–Crippen LogP) is 0.0356. The van der Waals surface area contributed by atoms with E-state index in [2.05, 4.69) is 10.2 Å². The van der Waals surface area contributed by atoms with Gasteiger partial charge in [0.1, 0.15) is 0 Å². The van der Waals surface area contributed by atoms with Gasteiger partial charge in [0.25, 0.3) is 0 Å². The van der Waals surface area contributed by atoms with Crippen LogP contribution in [0.25, 0.3) is 0 Å². The van der Waals surface area contributed by atoms with Crippen LogP contribution in [-0.2, 0) is 4.74 Å². The summed E-state index contributed by atoms with van der Waals surface area (Å²) in [6.45, 7) is 7.61. The van der Waals surface area contributed by atoms with E-state index in [9.17, 15) is 0 Å². The monoisotopic (exact) mass is 227 g/mol. The van der Waals surface area contributed by atoms with E-state index in [0.717, 1.165) is 45.6 Å². The van der Waals surface area contributed by atoms with Gasteiger partial charge in [-0.3, -0.25) is 0 Å². The zero-order valence-electron chi connectivity index (χ0n) is 10.2. The highest BCUT2D eigenvalue weighted by Gasteiger charge is 2.21. The largest absolute Gasteiger partial charge is 0.381 e. The van der Waals surface area contributed by atoms with Crippen LogP contribution in [0.1, 0.15) is 19.3 Å². The topological polar surface area (TPSA) is 50.5 Å². The Bertz CT molecular complexity index is 189. The number of hydrogen-bond acceptors (Lipinski definition) is 4. The Hall–Kier alpha value is -0.160. The Kier molecular flexibility index (Phi) is 5.03. The fourth-order valence-electron chi connectivity index (χ4n) is 2.65. The molecule has 2 aliphatic rings. The van der Waals surface area contributed by atoms with Crippen LogP contribution in [0.5, 0.6) is 0 Å². The van der Waals surface area contributed by atoms with Crippen LogP contribution in [0.15, 0.2) is 0 Å². The van der Waals surface area contributed by atoms with E-state index < -0.39 is 0 Å². The molecular weight excluding hydrogens is 202 g/mol. The number of piperazine rings is 1. The van der Waals surface area contributed by atoms with Crippen LogP contribution < -0.4 is 11.1 Å². The first-order valence-electron chi connectivity index (χ1n) is 6.62. The van der Waals surface area contributed by atoms with Crippen molar-refractivity contribution in [1.82, 2.24) is 10.2 Å². The maximum absolute atomic E-state index is 6.27. The Balaban J connectivity index is 1.63. The minimum Gasteiger partial charge on any atom is -0.381 e. The molecule has 0 amide bonds. The molecule has 4 heteroatoms. The van der Waals surface area contributed by atoms with E-state index in [-0.39, 0.29) is 0 Å². The van der Waals surface area contributed by atoms with E-state index in [1.54, 1.807) is 0 Å². The first-order chi connectivity index (χ1) is 7.86. The molecule has 16 heavy (non-hydrogen) atoms. The molecular formula is C12H25N3O. The van der Waals surface area contributed by atoms with Crippen LogP contribution >= 0.6 is 0 Å². The molecule has 0 aromatic carbocycles. The summed E-state index contributed by atoms with van der Waals surface area (Å²) in [7, 11) is 0. The van der Waals surface area contributed by atoms with Gasteiger partial charge in [-0.2, -0.15) is 0 Å². The molecule has 2 fully saturated rings. The van der Waals surface area contributed by atoms with Gasteiger partial charge in [-0.05, 0) is 31.7 Å². The molecule has 0 radical (unpaired) electrons. The fraction of sp³-hybridized carbons (Fsp3) is 1.00. The van der Waals surface area contributed by atoms with Crippen LogP contribution in [0.4, 0.5) is 0 Å². The van der Waals surface area contributed by atoms with Crippen molar-refractivity contribution in [2.45, 2.75) is 25.3 Å². The standard InChI is InChI=1S/C12H25N3O/c13-12(11-2-9-16-10-3-11)1-6-15-7-4-14-5-8-15/h11-12,14H,1-10,13H2. The lowest BCUT2D eigenvalue weighted by atomic mass is 9.90. The fourth-order valence-corrected chi connectivity index (χ4v) is 2.65. The van der Waals surface area contributed by atoms with Crippen molar-refractivity contribution in [1.29, 1.82) is 0 Å². The van der Waals surface area contributed by atoms with Gasteiger partial charge < -0.3 is 20.7 Å². The summed E-state index contributed by atoms with van der Waals surface area (Å²) in [6.07, 6.45) is 3.45. The van der Waals surface area contributed by atoms with E-state index in [1.807, 2.05) is 0 Å². The zero-order chi connectivity index (χ0) is 11.2. The predicted molar refractivity (Wildman–Crippen MR) is 65.4 cm³/mol. The third kappa shape index (κ3) is 3.70. The van der Waals surface area contributed by atoms with Gasteiger partial charge in [-0.25, -0.2) is 0 Å². The number of nitrogens with two attached hydrogens (primary N) is 1. The normalized spacial score (nSPS) is 26.8. The Morgan fingerprint density at radius 2 is 1.94 bits per heavy atom. The lowest BCUT2D eigenvalue weighted by Crippen LogP contribution is -2.45. The van der Waals surface area contributed by atoms with Gasteiger partial charge in [0.15, 0.2) is 0 Å². The lowest BCUT2D eigenvalue weighted by molar-refractivity contribution is 0.0559. The van der Waals surface area contributed by atoms with Crippen LogP contribution in [0.2, 0.25) is 0 Å². The van der Waals surface area contributed by atoms with Crippen LogP contribution in [0.3, 0.4) is 0 Å². The smallest absolute Gasteiger partial charge is 0.0469 e. The van der Waals surface area contributed by atoms with Crippen molar-refractivity contribution in [2.75, 3.05) is 45.9 Å². The van der Waals surface area contributed by atoms with Gasteiger partial charge in [0, 0.05) is 45.4 Å². The highest BCUT2D eigenvalue weighted by molar-refractivity contribution is 4.77. The molecule has 2 heterocycles. The summed E-state index contributed by atoms with van der Waals surface area (Å²) < 4.78 is 5.37. The lowest BCUT2D eigenvalue weighted by Gasteiger charge is -2.31. The summed E-state index contributed by atoms with van der Waals surface area (Å²) in [4.78, 5) is 2.52. The highest BCUT2D eigenvalue weighted by Crippen LogP contribution is 2.19. The van der Waals surface area contributed by atoms with E-state index in [1.165, 1.54) is 19.6 Å². The van der Waals surface area contributed by atoms with E-state index in [0.29, 0.717) is 12.0 Å². The van der Waals surface area contributed by atoms with Gasteiger partial charge in [-0.1, -0.05) is 0 Å². The van der Waals surface area contributed by atoms with Crippen LogP contribution in [0, 0.1) is 5.92 Å². The Morgan fingerprint density at radius 3 is 2.62 bits per heavy atom. The second-order valence-electron chi connectivity index (χ2n) is 4.99. The molecule has 0 aliphatic carbocycles. The molecule has 2 aliphatic heterocycles. The molecule has 1 unspecified atom stereocenters. The molecule has 0 spiro atoms. The van der Waals surface area contributed by atoms with Gasteiger partial charge >= 0.3 is 0 Å². The Morgan fingerprint density at radius 1 is 1.25 bits per heavy atom. The SMILES string of the molecule is NC(CCN1CCNCC1)C1CCOCC1. The molecule has 0 aromatic heterocycles. The molecule has 2 rings (SSSR count). The van der Waals surface area contributed by atoms with Crippen molar-refractivity contribution in [3.05, 3.63) is 0 Å². The Labute approximate surface area is 98.5 Å². The quantitative estimate of drug-likeness (QED) is 0.712. The van der Waals surface area contributed by atoms with Crippen LogP contribution in [-0.4, -0.2) is 56.9 Å².